The summed E-state index contributed by atoms with van der Waals surface area (Å²) >= 11 is 0. The second-order valence-corrected chi connectivity index (χ2v) is 5.70. The van der Waals surface area contributed by atoms with Crippen LogP contribution >= 0.6 is 0 Å². The number of ether oxygens (including phenoxy) is 1. The molecule has 0 amide bonds. The Bertz CT molecular complexity index is 426. The molecule has 1 aromatic rings. The van der Waals surface area contributed by atoms with E-state index in [9.17, 15) is 5.11 Å². The van der Waals surface area contributed by atoms with Gasteiger partial charge in [-0.3, -0.25) is 0 Å². The quantitative estimate of drug-likeness (QED) is 0.906. The van der Waals surface area contributed by atoms with Gasteiger partial charge in [-0.1, -0.05) is 5.16 Å². The molecule has 2 atom stereocenters. The van der Waals surface area contributed by atoms with Crippen molar-refractivity contribution in [1.29, 1.82) is 0 Å². The minimum Gasteiger partial charge on any atom is -0.392 e. The fourth-order valence-electron chi connectivity index (χ4n) is 3.45. The third kappa shape index (κ3) is 2.30. The van der Waals surface area contributed by atoms with E-state index in [2.05, 4.69) is 10.1 Å². The first-order valence-electron chi connectivity index (χ1n) is 7.41. The summed E-state index contributed by atoms with van der Waals surface area (Å²) in [6, 6.07) is 0. The second kappa shape index (κ2) is 5.21. The molecule has 2 aliphatic rings. The van der Waals surface area contributed by atoms with Gasteiger partial charge in [0.15, 0.2) is 0 Å². The van der Waals surface area contributed by atoms with Crippen LogP contribution in [0.2, 0.25) is 0 Å². The van der Waals surface area contributed by atoms with Crippen molar-refractivity contribution in [1.82, 2.24) is 10.1 Å². The first-order chi connectivity index (χ1) is 9.25. The molecule has 0 saturated heterocycles. The molecule has 19 heavy (non-hydrogen) atoms. The Kier molecular flexibility index (Phi) is 3.58. The molecular formula is C14H22N2O3. The van der Waals surface area contributed by atoms with E-state index in [4.69, 9.17) is 9.26 Å². The summed E-state index contributed by atoms with van der Waals surface area (Å²) in [5.74, 6) is 1.29. The van der Waals surface area contributed by atoms with Gasteiger partial charge in [0.1, 0.15) is 5.60 Å². The molecule has 0 bridgehead atoms. The maximum atomic E-state index is 9.93. The third-order valence-electron chi connectivity index (χ3n) is 4.48. The lowest BCUT2D eigenvalue weighted by atomic mass is 10.0. The Morgan fingerprint density at radius 2 is 2.11 bits per heavy atom. The number of aliphatic hydroxyl groups excluding tert-OH is 1. The molecule has 2 saturated carbocycles. The molecule has 2 unspecified atom stereocenters. The standard InChI is InChI=1S/C14H22N2O3/c1-2-18-14(8-3-4-9-14)13-15-12(19-16-13)10-6-5-7-11(10)17/h10-11,17H,2-9H2,1H3. The van der Waals surface area contributed by atoms with E-state index in [1.807, 2.05) is 6.92 Å². The molecule has 0 radical (unpaired) electrons. The summed E-state index contributed by atoms with van der Waals surface area (Å²) in [6.07, 6.45) is 6.69. The van der Waals surface area contributed by atoms with Crippen molar-refractivity contribution < 1.29 is 14.4 Å². The Labute approximate surface area is 113 Å². The summed E-state index contributed by atoms with van der Waals surface area (Å²) < 4.78 is 11.3. The third-order valence-corrected chi connectivity index (χ3v) is 4.48. The average molecular weight is 266 g/mol. The van der Waals surface area contributed by atoms with E-state index in [-0.39, 0.29) is 17.6 Å². The Hall–Kier alpha value is -0.940. The van der Waals surface area contributed by atoms with Gasteiger partial charge in [-0.05, 0) is 51.9 Å². The van der Waals surface area contributed by atoms with Crippen molar-refractivity contribution in [2.24, 2.45) is 0 Å². The number of hydrogen-bond acceptors (Lipinski definition) is 5. The highest BCUT2D eigenvalue weighted by Crippen LogP contribution is 2.42. The van der Waals surface area contributed by atoms with Crippen molar-refractivity contribution in [3.05, 3.63) is 11.7 Å². The van der Waals surface area contributed by atoms with Crippen LogP contribution in [-0.2, 0) is 10.3 Å². The van der Waals surface area contributed by atoms with Crippen LogP contribution in [0.1, 0.15) is 69.5 Å². The average Bonchev–Trinajstić information content (AvgIpc) is 3.08. The van der Waals surface area contributed by atoms with Crippen molar-refractivity contribution in [2.75, 3.05) is 6.61 Å². The van der Waals surface area contributed by atoms with Crippen LogP contribution in [0.4, 0.5) is 0 Å². The Morgan fingerprint density at radius 3 is 2.74 bits per heavy atom. The topological polar surface area (TPSA) is 68.4 Å². The summed E-state index contributed by atoms with van der Waals surface area (Å²) in [6.45, 7) is 2.66. The number of aromatic nitrogens is 2. The molecule has 106 valence electrons. The first-order valence-corrected chi connectivity index (χ1v) is 7.41. The highest BCUT2D eigenvalue weighted by atomic mass is 16.5. The lowest BCUT2D eigenvalue weighted by molar-refractivity contribution is -0.0469. The van der Waals surface area contributed by atoms with E-state index >= 15 is 0 Å². The number of nitrogens with zero attached hydrogens (tertiary/aromatic N) is 2. The highest BCUT2D eigenvalue weighted by Gasteiger charge is 2.42. The smallest absolute Gasteiger partial charge is 0.232 e. The van der Waals surface area contributed by atoms with E-state index < -0.39 is 0 Å². The maximum absolute atomic E-state index is 9.93. The zero-order valence-corrected chi connectivity index (χ0v) is 11.5. The molecule has 5 nitrogen and oxygen atoms in total. The zero-order valence-electron chi connectivity index (χ0n) is 11.5. The minimum absolute atomic E-state index is 0.0151. The fraction of sp³-hybridized carbons (Fsp3) is 0.857. The van der Waals surface area contributed by atoms with E-state index in [1.165, 1.54) is 0 Å². The SMILES string of the molecule is CCOC1(c2noc(C3CCCC3O)n2)CCCC1. The fourth-order valence-corrected chi connectivity index (χ4v) is 3.45. The van der Waals surface area contributed by atoms with Crippen LogP contribution in [-0.4, -0.2) is 28.0 Å². The Balaban J connectivity index is 1.83. The largest absolute Gasteiger partial charge is 0.392 e. The molecule has 1 aromatic heterocycles. The van der Waals surface area contributed by atoms with Crippen LogP contribution < -0.4 is 0 Å². The van der Waals surface area contributed by atoms with Crippen LogP contribution in [0.3, 0.4) is 0 Å². The summed E-state index contributed by atoms with van der Waals surface area (Å²) in [4.78, 5) is 4.55. The molecular weight excluding hydrogens is 244 g/mol. The van der Waals surface area contributed by atoms with Gasteiger partial charge in [-0.25, -0.2) is 0 Å². The van der Waals surface area contributed by atoms with Crippen molar-refractivity contribution in [3.8, 4) is 0 Å². The van der Waals surface area contributed by atoms with Gasteiger partial charge < -0.3 is 14.4 Å². The van der Waals surface area contributed by atoms with E-state index in [0.717, 1.165) is 44.9 Å². The maximum Gasteiger partial charge on any atom is 0.232 e. The normalized spacial score (nSPS) is 30.0. The molecule has 3 rings (SSSR count). The Morgan fingerprint density at radius 1 is 1.32 bits per heavy atom. The van der Waals surface area contributed by atoms with Gasteiger partial charge in [0, 0.05) is 6.61 Å². The molecule has 1 N–H and O–H groups in total. The van der Waals surface area contributed by atoms with Crippen molar-refractivity contribution >= 4 is 0 Å². The van der Waals surface area contributed by atoms with Crippen molar-refractivity contribution in [2.45, 2.75) is 69.5 Å². The van der Waals surface area contributed by atoms with Gasteiger partial charge >= 0.3 is 0 Å². The molecule has 2 aliphatic carbocycles. The van der Waals surface area contributed by atoms with E-state index in [1.54, 1.807) is 0 Å². The molecule has 2 fully saturated rings. The van der Waals surface area contributed by atoms with Gasteiger partial charge in [-0.15, -0.1) is 0 Å². The minimum atomic E-state index is -0.347. The summed E-state index contributed by atoms with van der Waals surface area (Å²) in [5.41, 5.74) is -0.347. The number of rotatable bonds is 4. The molecule has 0 aliphatic heterocycles. The van der Waals surface area contributed by atoms with Crippen LogP contribution in [0, 0.1) is 0 Å². The summed E-state index contributed by atoms with van der Waals surface area (Å²) in [7, 11) is 0. The van der Waals surface area contributed by atoms with Gasteiger partial charge in [0.05, 0.1) is 12.0 Å². The predicted octanol–water partition coefficient (Wildman–Crippen LogP) is 2.50. The zero-order chi connectivity index (χ0) is 13.3. The monoisotopic (exact) mass is 266 g/mol. The molecule has 5 heteroatoms. The lowest BCUT2D eigenvalue weighted by Crippen LogP contribution is -2.27. The lowest BCUT2D eigenvalue weighted by Gasteiger charge is -2.24. The van der Waals surface area contributed by atoms with Crippen LogP contribution in [0.5, 0.6) is 0 Å². The molecule has 0 aromatic carbocycles. The first kappa shape index (κ1) is 13.1. The van der Waals surface area contributed by atoms with Gasteiger partial charge in [0.25, 0.3) is 0 Å². The predicted molar refractivity (Wildman–Crippen MR) is 68.7 cm³/mol. The molecule has 1 heterocycles. The molecule has 0 spiro atoms. The van der Waals surface area contributed by atoms with Crippen LogP contribution in [0.25, 0.3) is 0 Å². The number of hydrogen-bond donors (Lipinski definition) is 1. The van der Waals surface area contributed by atoms with Gasteiger partial charge in [-0.2, -0.15) is 4.98 Å². The number of aliphatic hydroxyl groups is 1. The van der Waals surface area contributed by atoms with E-state index in [0.29, 0.717) is 18.3 Å². The van der Waals surface area contributed by atoms with Gasteiger partial charge in [0.2, 0.25) is 11.7 Å². The second-order valence-electron chi connectivity index (χ2n) is 5.70. The van der Waals surface area contributed by atoms with Crippen molar-refractivity contribution in [3.63, 3.8) is 0 Å². The van der Waals surface area contributed by atoms with Crippen LogP contribution in [0.15, 0.2) is 4.52 Å². The summed E-state index contributed by atoms with van der Waals surface area (Å²) in [5, 5.41) is 14.1. The highest BCUT2D eigenvalue weighted by molar-refractivity contribution is 5.08.